The smallest absolute Gasteiger partial charge is 0.253 e. The molecule has 1 fully saturated rings. The quantitative estimate of drug-likeness (QED) is 0.814. The van der Waals surface area contributed by atoms with E-state index in [4.69, 9.17) is 0 Å². The average molecular weight is 426 g/mol. The zero-order valence-corrected chi connectivity index (χ0v) is 17.8. The number of thiophene rings is 1. The van der Waals surface area contributed by atoms with Crippen molar-refractivity contribution in [2.75, 3.05) is 11.9 Å². The molecule has 1 amide bonds. The van der Waals surface area contributed by atoms with Gasteiger partial charge in [0.15, 0.2) is 5.13 Å². The van der Waals surface area contributed by atoms with Gasteiger partial charge in [-0.3, -0.25) is 4.79 Å². The molecule has 1 N–H and O–H groups in total. The fourth-order valence-corrected chi connectivity index (χ4v) is 7.98. The standard InChI is InChI=1S/C18H23N3O3S3/c1-11-5-7-13-15(10-11)26-18(19-13)20-17(22)14-4-3-9-21(14)27(23,24)16-8-6-12(2)25-16/h6,8,11,14H,3-5,7,9-10H2,1-2H3,(H,19,20,22)/t11-,14+/m1/s1. The Morgan fingerprint density at radius 2 is 2.11 bits per heavy atom. The molecule has 0 bridgehead atoms. The van der Waals surface area contributed by atoms with Gasteiger partial charge < -0.3 is 5.32 Å². The van der Waals surface area contributed by atoms with Gasteiger partial charge in [-0.05, 0) is 57.1 Å². The predicted octanol–water partition coefficient (Wildman–Crippen LogP) is 3.43. The van der Waals surface area contributed by atoms with E-state index in [1.165, 1.54) is 31.9 Å². The van der Waals surface area contributed by atoms with Crippen molar-refractivity contribution in [3.05, 3.63) is 27.6 Å². The van der Waals surface area contributed by atoms with Gasteiger partial charge in [-0.1, -0.05) is 6.92 Å². The molecule has 0 spiro atoms. The molecular weight excluding hydrogens is 402 g/mol. The second-order valence-corrected chi connectivity index (χ2v) is 11.9. The maximum atomic E-state index is 13.0. The van der Waals surface area contributed by atoms with Crippen LogP contribution in [0.25, 0.3) is 0 Å². The van der Waals surface area contributed by atoms with Crippen molar-refractivity contribution >= 4 is 43.7 Å². The zero-order valence-electron chi connectivity index (χ0n) is 15.4. The predicted molar refractivity (Wildman–Crippen MR) is 108 cm³/mol. The highest BCUT2D eigenvalue weighted by Gasteiger charge is 2.40. The van der Waals surface area contributed by atoms with Crippen molar-refractivity contribution in [3.8, 4) is 0 Å². The van der Waals surface area contributed by atoms with Crippen LogP contribution in [0.15, 0.2) is 16.3 Å². The van der Waals surface area contributed by atoms with Gasteiger partial charge in [-0.25, -0.2) is 13.4 Å². The molecule has 2 aromatic heterocycles. The number of fused-ring (bicyclic) bond motifs is 1. The Labute approximate surface area is 167 Å². The van der Waals surface area contributed by atoms with Crippen LogP contribution in [0.3, 0.4) is 0 Å². The minimum absolute atomic E-state index is 0.275. The SMILES string of the molecule is Cc1ccc(S(=O)(=O)N2CCC[C@H]2C(=O)Nc2nc3c(s2)C[C@H](C)CC3)s1. The highest BCUT2D eigenvalue weighted by Crippen LogP contribution is 2.34. The van der Waals surface area contributed by atoms with E-state index in [1.54, 1.807) is 12.1 Å². The van der Waals surface area contributed by atoms with E-state index in [-0.39, 0.29) is 5.91 Å². The lowest BCUT2D eigenvalue weighted by atomic mass is 9.93. The van der Waals surface area contributed by atoms with Gasteiger partial charge in [0.05, 0.1) is 5.69 Å². The maximum absolute atomic E-state index is 13.0. The number of aryl methyl sites for hydroxylation is 2. The molecule has 27 heavy (non-hydrogen) atoms. The normalized spacial score (nSPS) is 23.3. The van der Waals surface area contributed by atoms with E-state index in [0.29, 0.717) is 34.6 Å². The van der Waals surface area contributed by atoms with Gasteiger partial charge in [0.1, 0.15) is 10.3 Å². The molecule has 1 saturated heterocycles. The van der Waals surface area contributed by atoms with Crippen LogP contribution in [0.2, 0.25) is 0 Å². The molecule has 2 aromatic rings. The van der Waals surface area contributed by atoms with E-state index >= 15 is 0 Å². The molecule has 2 atom stereocenters. The first-order valence-corrected chi connectivity index (χ1v) is 12.3. The third-order valence-electron chi connectivity index (χ3n) is 5.20. The lowest BCUT2D eigenvalue weighted by molar-refractivity contribution is -0.119. The number of hydrogen-bond donors (Lipinski definition) is 1. The summed E-state index contributed by atoms with van der Waals surface area (Å²) in [5, 5.41) is 3.47. The average Bonchev–Trinajstić information content (AvgIpc) is 3.32. The maximum Gasteiger partial charge on any atom is 0.253 e. The monoisotopic (exact) mass is 425 g/mol. The summed E-state index contributed by atoms with van der Waals surface area (Å²) in [5.74, 6) is 0.370. The number of carbonyl (C=O) groups excluding carboxylic acids is 1. The minimum Gasteiger partial charge on any atom is -0.301 e. The van der Waals surface area contributed by atoms with Crippen molar-refractivity contribution in [1.29, 1.82) is 0 Å². The summed E-state index contributed by atoms with van der Waals surface area (Å²) in [6, 6.07) is 2.75. The molecular formula is C18H23N3O3S3. The van der Waals surface area contributed by atoms with Crippen LogP contribution in [-0.2, 0) is 27.7 Å². The van der Waals surface area contributed by atoms with Gasteiger partial charge in [-0.2, -0.15) is 4.31 Å². The number of aromatic nitrogens is 1. The van der Waals surface area contributed by atoms with Gasteiger partial charge in [0, 0.05) is 16.3 Å². The first kappa shape index (κ1) is 19.0. The Balaban J connectivity index is 1.51. The Hall–Kier alpha value is -1.29. The summed E-state index contributed by atoms with van der Waals surface area (Å²) in [7, 11) is -3.64. The van der Waals surface area contributed by atoms with Crippen LogP contribution in [0.5, 0.6) is 0 Å². The van der Waals surface area contributed by atoms with Crippen molar-refractivity contribution in [2.24, 2.45) is 5.92 Å². The largest absolute Gasteiger partial charge is 0.301 e. The number of carbonyl (C=O) groups is 1. The Kier molecular flexibility index (Phi) is 5.13. The van der Waals surface area contributed by atoms with E-state index in [2.05, 4.69) is 17.2 Å². The van der Waals surface area contributed by atoms with Crippen LogP contribution in [0.4, 0.5) is 5.13 Å². The summed E-state index contributed by atoms with van der Waals surface area (Å²) in [6.45, 7) is 4.49. The molecule has 4 rings (SSSR count). The number of nitrogens with zero attached hydrogens (tertiary/aromatic N) is 2. The van der Waals surface area contributed by atoms with Crippen LogP contribution < -0.4 is 5.32 Å². The fourth-order valence-electron chi connectivity index (χ4n) is 3.74. The lowest BCUT2D eigenvalue weighted by Gasteiger charge is -2.22. The number of anilines is 1. The molecule has 6 nitrogen and oxygen atoms in total. The molecule has 0 saturated carbocycles. The second kappa shape index (κ2) is 7.27. The Morgan fingerprint density at radius 1 is 1.30 bits per heavy atom. The van der Waals surface area contributed by atoms with Gasteiger partial charge in [0.25, 0.3) is 10.0 Å². The number of sulfonamides is 1. The summed E-state index contributed by atoms with van der Waals surface area (Å²) < 4.78 is 27.6. The van der Waals surface area contributed by atoms with Gasteiger partial charge >= 0.3 is 0 Å². The highest BCUT2D eigenvalue weighted by molar-refractivity contribution is 7.91. The van der Waals surface area contributed by atoms with Gasteiger partial charge in [0.2, 0.25) is 5.91 Å². The molecule has 0 unspecified atom stereocenters. The summed E-state index contributed by atoms with van der Waals surface area (Å²) in [5.41, 5.74) is 1.08. The van der Waals surface area contributed by atoms with E-state index < -0.39 is 16.1 Å². The third kappa shape index (κ3) is 3.70. The molecule has 146 valence electrons. The molecule has 9 heteroatoms. The second-order valence-electron chi connectivity index (χ2n) is 7.36. The van der Waals surface area contributed by atoms with E-state index in [9.17, 15) is 13.2 Å². The van der Waals surface area contributed by atoms with Crippen LogP contribution in [0, 0.1) is 12.8 Å². The Morgan fingerprint density at radius 3 is 2.85 bits per heavy atom. The molecule has 1 aliphatic heterocycles. The van der Waals surface area contributed by atoms with Crippen molar-refractivity contribution < 1.29 is 13.2 Å². The van der Waals surface area contributed by atoms with E-state index in [0.717, 1.165) is 29.8 Å². The van der Waals surface area contributed by atoms with E-state index in [1.807, 2.05) is 6.92 Å². The van der Waals surface area contributed by atoms with Gasteiger partial charge in [-0.15, -0.1) is 22.7 Å². The first-order chi connectivity index (χ1) is 12.8. The number of thiazole rings is 1. The third-order valence-corrected chi connectivity index (χ3v) is 9.61. The summed E-state index contributed by atoms with van der Waals surface area (Å²) in [4.78, 5) is 19.6. The number of nitrogens with one attached hydrogen (secondary N) is 1. The molecule has 3 heterocycles. The van der Waals surface area contributed by atoms with Crippen molar-refractivity contribution in [2.45, 2.75) is 56.2 Å². The number of rotatable bonds is 4. The topological polar surface area (TPSA) is 79.4 Å². The molecule has 1 aliphatic carbocycles. The lowest BCUT2D eigenvalue weighted by Crippen LogP contribution is -2.42. The van der Waals surface area contributed by atoms with Crippen molar-refractivity contribution in [3.63, 3.8) is 0 Å². The van der Waals surface area contributed by atoms with Crippen LogP contribution >= 0.6 is 22.7 Å². The summed E-state index contributed by atoms with van der Waals surface area (Å²) in [6.07, 6.45) is 4.30. The fraction of sp³-hybridized carbons (Fsp3) is 0.556. The number of amides is 1. The zero-order chi connectivity index (χ0) is 19.2. The molecule has 0 radical (unpaired) electrons. The molecule has 0 aromatic carbocycles. The number of hydrogen-bond acceptors (Lipinski definition) is 6. The minimum atomic E-state index is -3.64. The first-order valence-electron chi connectivity index (χ1n) is 9.22. The van der Waals surface area contributed by atoms with Crippen LogP contribution in [0.1, 0.15) is 41.6 Å². The highest BCUT2D eigenvalue weighted by atomic mass is 32.2. The Bertz CT molecular complexity index is 964. The van der Waals surface area contributed by atoms with Crippen LogP contribution in [-0.4, -0.2) is 36.2 Å². The van der Waals surface area contributed by atoms with Crippen molar-refractivity contribution in [1.82, 2.24) is 9.29 Å². The summed E-state index contributed by atoms with van der Waals surface area (Å²) >= 11 is 2.77. The molecule has 2 aliphatic rings.